The van der Waals surface area contributed by atoms with Crippen molar-refractivity contribution in [2.45, 2.75) is 5.75 Å². The third kappa shape index (κ3) is 4.40. The van der Waals surface area contributed by atoms with E-state index in [1.807, 2.05) is 0 Å². The first-order chi connectivity index (χ1) is 7.96. The topological polar surface area (TPSA) is 60.4 Å². The molecule has 0 aliphatic rings. The maximum Gasteiger partial charge on any atom is 0.320 e. The monoisotopic (exact) mass is 254 g/mol. The molecule has 0 amide bonds. The zero-order valence-electron chi connectivity index (χ0n) is 9.55. The predicted octanol–water partition coefficient (Wildman–Crippen LogP) is 1.42. The molecular weight excluding hydrogens is 240 g/mol. The molecule has 17 heavy (non-hydrogen) atoms. The quantitative estimate of drug-likeness (QED) is 0.745. The van der Waals surface area contributed by atoms with Crippen molar-refractivity contribution < 1.29 is 17.9 Å². The SMILES string of the molecule is C=Cc1ccc(CS(=O)(=O)CC(=O)OC)cc1. The Bertz CT molecular complexity index is 500. The fourth-order valence-electron chi connectivity index (χ4n) is 1.29. The molecule has 0 N–H and O–H groups in total. The van der Waals surface area contributed by atoms with Crippen molar-refractivity contribution in [2.75, 3.05) is 12.9 Å². The van der Waals surface area contributed by atoms with Gasteiger partial charge in [-0.25, -0.2) is 8.42 Å². The number of methoxy groups -OCH3 is 1. The largest absolute Gasteiger partial charge is 0.468 e. The Kier molecular flexibility index (Phi) is 4.45. The van der Waals surface area contributed by atoms with E-state index in [1.165, 1.54) is 0 Å². The third-order valence-electron chi connectivity index (χ3n) is 2.17. The number of carbonyl (C=O) groups excluding carboxylic acids is 1. The molecule has 5 heteroatoms. The van der Waals surface area contributed by atoms with Crippen LogP contribution in [0, 0.1) is 0 Å². The first kappa shape index (κ1) is 13.4. The number of ether oxygens (including phenoxy) is 1. The molecule has 1 aromatic carbocycles. The second kappa shape index (κ2) is 5.63. The van der Waals surface area contributed by atoms with Crippen LogP contribution in [0.25, 0.3) is 6.08 Å². The second-order valence-corrected chi connectivity index (χ2v) is 5.62. The molecule has 92 valence electrons. The van der Waals surface area contributed by atoms with Gasteiger partial charge in [0, 0.05) is 0 Å². The summed E-state index contributed by atoms with van der Waals surface area (Å²) in [6.45, 7) is 3.61. The number of rotatable bonds is 5. The zero-order chi connectivity index (χ0) is 12.9. The molecule has 0 saturated heterocycles. The normalized spacial score (nSPS) is 10.9. The van der Waals surface area contributed by atoms with Crippen LogP contribution in [0.15, 0.2) is 30.8 Å². The second-order valence-electron chi connectivity index (χ2n) is 3.55. The van der Waals surface area contributed by atoms with Gasteiger partial charge < -0.3 is 4.74 Å². The van der Waals surface area contributed by atoms with Crippen LogP contribution in [-0.2, 0) is 25.1 Å². The Balaban J connectivity index is 2.76. The van der Waals surface area contributed by atoms with Gasteiger partial charge in [-0.2, -0.15) is 0 Å². The molecule has 0 aliphatic heterocycles. The molecule has 0 aromatic heterocycles. The molecule has 0 atom stereocenters. The number of benzene rings is 1. The van der Waals surface area contributed by atoms with Crippen LogP contribution in [0.5, 0.6) is 0 Å². The average Bonchev–Trinajstić information content (AvgIpc) is 2.28. The molecule has 0 aliphatic carbocycles. The lowest BCUT2D eigenvalue weighted by molar-refractivity contribution is -0.137. The minimum absolute atomic E-state index is 0.167. The van der Waals surface area contributed by atoms with E-state index >= 15 is 0 Å². The number of hydrogen-bond donors (Lipinski definition) is 0. The van der Waals surface area contributed by atoms with Crippen LogP contribution in [0.1, 0.15) is 11.1 Å². The number of sulfone groups is 1. The van der Waals surface area contributed by atoms with E-state index in [0.717, 1.165) is 12.7 Å². The number of esters is 1. The first-order valence-corrected chi connectivity index (χ1v) is 6.77. The molecule has 0 radical (unpaired) electrons. The van der Waals surface area contributed by atoms with Crippen LogP contribution in [0.3, 0.4) is 0 Å². The van der Waals surface area contributed by atoms with Crippen molar-refractivity contribution in [1.29, 1.82) is 0 Å². The summed E-state index contributed by atoms with van der Waals surface area (Å²) in [5.74, 6) is -1.50. The van der Waals surface area contributed by atoms with E-state index < -0.39 is 21.6 Å². The lowest BCUT2D eigenvalue weighted by atomic mass is 10.1. The maximum atomic E-state index is 11.6. The van der Waals surface area contributed by atoms with Gasteiger partial charge in [-0.3, -0.25) is 4.79 Å². The van der Waals surface area contributed by atoms with E-state index in [9.17, 15) is 13.2 Å². The van der Waals surface area contributed by atoms with Crippen molar-refractivity contribution in [2.24, 2.45) is 0 Å². The summed E-state index contributed by atoms with van der Waals surface area (Å²) < 4.78 is 27.5. The highest BCUT2D eigenvalue weighted by atomic mass is 32.2. The van der Waals surface area contributed by atoms with E-state index in [0.29, 0.717) is 5.56 Å². The van der Waals surface area contributed by atoms with Crippen LogP contribution in [0.2, 0.25) is 0 Å². The van der Waals surface area contributed by atoms with Crippen LogP contribution in [0.4, 0.5) is 0 Å². The highest BCUT2D eigenvalue weighted by Crippen LogP contribution is 2.10. The van der Waals surface area contributed by atoms with Gasteiger partial charge in [0.05, 0.1) is 12.9 Å². The molecule has 4 nitrogen and oxygen atoms in total. The molecule has 0 bridgehead atoms. The summed E-state index contributed by atoms with van der Waals surface area (Å²) >= 11 is 0. The Morgan fingerprint density at radius 1 is 1.35 bits per heavy atom. The van der Waals surface area contributed by atoms with Gasteiger partial charge in [0.1, 0.15) is 5.75 Å². The van der Waals surface area contributed by atoms with Crippen molar-refractivity contribution in [3.63, 3.8) is 0 Å². The number of hydrogen-bond acceptors (Lipinski definition) is 4. The van der Waals surface area contributed by atoms with Gasteiger partial charge in [0.2, 0.25) is 0 Å². The lowest BCUT2D eigenvalue weighted by Crippen LogP contribution is -2.18. The minimum Gasteiger partial charge on any atom is -0.468 e. The summed E-state index contributed by atoms with van der Waals surface area (Å²) in [4.78, 5) is 10.9. The van der Waals surface area contributed by atoms with Gasteiger partial charge >= 0.3 is 5.97 Å². The Labute approximate surface area is 101 Å². The van der Waals surface area contributed by atoms with Gasteiger partial charge in [-0.05, 0) is 11.1 Å². The third-order valence-corrected chi connectivity index (χ3v) is 3.62. The van der Waals surface area contributed by atoms with Gasteiger partial charge in [0.25, 0.3) is 0 Å². The van der Waals surface area contributed by atoms with Gasteiger partial charge in [0.15, 0.2) is 9.84 Å². The molecule has 0 saturated carbocycles. The standard InChI is InChI=1S/C12H14O4S/c1-3-10-4-6-11(7-5-10)8-17(14,15)9-12(13)16-2/h3-7H,1,8-9H2,2H3. The van der Waals surface area contributed by atoms with Crippen molar-refractivity contribution in [1.82, 2.24) is 0 Å². The van der Waals surface area contributed by atoms with Crippen molar-refractivity contribution >= 4 is 21.9 Å². The lowest BCUT2D eigenvalue weighted by Gasteiger charge is -2.03. The van der Waals surface area contributed by atoms with E-state index in [2.05, 4.69) is 11.3 Å². The van der Waals surface area contributed by atoms with Crippen LogP contribution >= 0.6 is 0 Å². The van der Waals surface area contributed by atoms with E-state index in [1.54, 1.807) is 30.3 Å². The maximum absolute atomic E-state index is 11.6. The smallest absolute Gasteiger partial charge is 0.320 e. The Morgan fingerprint density at radius 3 is 2.41 bits per heavy atom. The van der Waals surface area contributed by atoms with Crippen LogP contribution in [-0.4, -0.2) is 27.2 Å². The Hall–Kier alpha value is -1.62. The summed E-state index contributed by atoms with van der Waals surface area (Å²) in [5.41, 5.74) is 1.55. The summed E-state index contributed by atoms with van der Waals surface area (Å²) in [5, 5.41) is 0. The molecule has 0 unspecified atom stereocenters. The fraction of sp³-hybridized carbons (Fsp3) is 0.250. The average molecular weight is 254 g/mol. The predicted molar refractivity (Wildman–Crippen MR) is 66.0 cm³/mol. The molecule has 1 aromatic rings. The molecular formula is C12H14O4S. The molecule has 0 fully saturated rings. The summed E-state index contributed by atoms with van der Waals surface area (Å²) in [7, 11) is -2.30. The van der Waals surface area contributed by atoms with Crippen LogP contribution < -0.4 is 0 Å². The Morgan fingerprint density at radius 2 is 1.94 bits per heavy atom. The van der Waals surface area contributed by atoms with E-state index in [-0.39, 0.29) is 5.75 Å². The van der Waals surface area contributed by atoms with Gasteiger partial charge in [-0.15, -0.1) is 0 Å². The molecule has 0 heterocycles. The molecule has 0 spiro atoms. The highest BCUT2D eigenvalue weighted by molar-refractivity contribution is 7.91. The zero-order valence-corrected chi connectivity index (χ0v) is 10.4. The fourth-order valence-corrected chi connectivity index (χ4v) is 2.57. The highest BCUT2D eigenvalue weighted by Gasteiger charge is 2.17. The number of carbonyl (C=O) groups is 1. The molecule has 1 rings (SSSR count). The van der Waals surface area contributed by atoms with Crippen molar-refractivity contribution in [3.8, 4) is 0 Å². The first-order valence-electron chi connectivity index (χ1n) is 4.95. The van der Waals surface area contributed by atoms with E-state index in [4.69, 9.17) is 0 Å². The summed E-state index contributed by atoms with van der Waals surface area (Å²) in [6.07, 6.45) is 1.67. The van der Waals surface area contributed by atoms with Gasteiger partial charge in [-0.1, -0.05) is 36.9 Å². The minimum atomic E-state index is -3.47. The van der Waals surface area contributed by atoms with Crippen molar-refractivity contribution in [3.05, 3.63) is 42.0 Å². The summed E-state index contributed by atoms with van der Waals surface area (Å²) in [6, 6.07) is 6.95.